The largest absolute Gasteiger partial charge is 0.462 e. The first kappa shape index (κ1) is 22.5. The number of allylic oxidation sites excluding steroid dienone is 1. The van der Waals surface area contributed by atoms with Gasteiger partial charge in [0.05, 0.1) is 22.5 Å². The summed E-state index contributed by atoms with van der Waals surface area (Å²) in [5.74, 6) is -2.87. The maximum atomic E-state index is 12.9. The fraction of sp³-hybridized carbons (Fsp3) is 0.450. The van der Waals surface area contributed by atoms with E-state index in [2.05, 4.69) is 4.99 Å². The molecule has 2 unspecified atom stereocenters. The summed E-state index contributed by atoms with van der Waals surface area (Å²) in [7, 11) is 0. The number of nitro groups is 1. The van der Waals surface area contributed by atoms with Crippen molar-refractivity contribution in [3.05, 3.63) is 51.2 Å². The molecule has 1 aromatic rings. The zero-order valence-corrected chi connectivity index (χ0v) is 17.4. The number of aliphatic imine (C=N–C) groups is 1. The Bertz CT molecular complexity index is 877. The summed E-state index contributed by atoms with van der Waals surface area (Å²) in [6.45, 7) is 6.72. The highest BCUT2D eigenvalue weighted by atomic mass is 35.5. The van der Waals surface area contributed by atoms with Crippen LogP contribution in [0.25, 0.3) is 0 Å². The highest BCUT2D eigenvalue weighted by molar-refractivity contribution is 6.18. The molecule has 0 spiro atoms. The van der Waals surface area contributed by atoms with Crippen molar-refractivity contribution in [2.75, 3.05) is 12.5 Å². The number of hydrogen-bond donors (Lipinski definition) is 0. The monoisotopic (exact) mass is 422 g/mol. The molecule has 0 amide bonds. The average Bonchev–Trinajstić information content (AvgIpc) is 2.64. The summed E-state index contributed by atoms with van der Waals surface area (Å²) in [5, 5.41) is 11.3. The number of carbonyl (C=O) groups is 2. The minimum absolute atomic E-state index is 0.0113. The van der Waals surface area contributed by atoms with Crippen LogP contribution in [0.4, 0.5) is 5.69 Å². The van der Waals surface area contributed by atoms with E-state index in [-0.39, 0.29) is 29.9 Å². The predicted octanol–water partition coefficient (Wildman–Crippen LogP) is 3.78. The van der Waals surface area contributed by atoms with Gasteiger partial charge < -0.3 is 9.47 Å². The predicted molar refractivity (Wildman–Crippen MR) is 108 cm³/mol. The number of carbonyl (C=O) groups excluding carboxylic acids is 2. The van der Waals surface area contributed by atoms with Crippen molar-refractivity contribution in [1.29, 1.82) is 0 Å². The van der Waals surface area contributed by atoms with E-state index in [1.807, 2.05) is 0 Å². The molecular weight excluding hydrogens is 400 g/mol. The number of non-ortho nitro benzene ring substituents is 1. The van der Waals surface area contributed by atoms with Crippen molar-refractivity contribution in [3.63, 3.8) is 0 Å². The first-order valence-corrected chi connectivity index (χ1v) is 9.64. The molecule has 156 valence electrons. The van der Waals surface area contributed by atoms with E-state index in [9.17, 15) is 19.7 Å². The molecule has 0 radical (unpaired) electrons. The molecule has 0 saturated carbocycles. The van der Waals surface area contributed by atoms with Crippen LogP contribution in [0.15, 0.2) is 40.5 Å². The lowest BCUT2D eigenvalue weighted by Gasteiger charge is -2.32. The number of hydrogen-bond acceptors (Lipinski definition) is 7. The number of nitrogens with zero attached hydrogens (tertiary/aromatic N) is 2. The van der Waals surface area contributed by atoms with Crippen LogP contribution >= 0.6 is 11.6 Å². The molecule has 29 heavy (non-hydrogen) atoms. The number of nitro benzene ring substituents is 1. The molecule has 1 aliphatic rings. The third kappa shape index (κ3) is 5.20. The number of benzene rings is 1. The molecule has 0 aromatic heterocycles. The van der Waals surface area contributed by atoms with E-state index in [4.69, 9.17) is 21.1 Å². The zero-order chi connectivity index (χ0) is 21.7. The molecule has 1 aliphatic heterocycles. The van der Waals surface area contributed by atoms with Crippen molar-refractivity contribution >= 4 is 34.9 Å². The SMILES string of the molecule is CC1=NC(C)=C(C(=O)OCCCl)C(c2cccc([N+](=O)[O-])c2)C1C(=O)OC(C)C. The number of rotatable bonds is 7. The zero-order valence-electron chi connectivity index (χ0n) is 16.7. The van der Waals surface area contributed by atoms with Gasteiger partial charge in [-0.25, -0.2) is 4.79 Å². The Balaban J connectivity index is 2.64. The van der Waals surface area contributed by atoms with Crippen molar-refractivity contribution in [2.45, 2.75) is 39.7 Å². The van der Waals surface area contributed by atoms with E-state index < -0.39 is 28.7 Å². The normalized spacial score (nSPS) is 19.0. The molecule has 0 fully saturated rings. The Morgan fingerprint density at radius 3 is 2.59 bits per heavy atom. The number of esters is 2. The first-order valence-electron chi connectivity index (χ1n) is 9.11. The Hall–Kier alpha value is -2.74. The van der Waals surface area contributed by atoms with E-state index in [0.29, 0.717) is 17.0 Å². The topological polar surface area (TPSA) is 108 Å². The van der Waals surface area contributed by atoms with Crippen LogP contribution in [-0.2, 0) is 19.1 Å². The van der Waals surface area contributed by atoms with Gasteiger partial charge in [0.15, 0.2) is 0 Å². The Kier molecular flexibility index (Phi) is 7.50. The molecule has 1 heterocycles. The van der Waals surface area contributed by atoms with Gasteiger partial charge in [-0.15, -0.1) is 11.6 Å². The summed E-state index contributed by atoms with van der Waals surface area (Å²) >= 11 is 5.62. The van der Waals surface area contributed by atoms with Gasteiger partial charge >= 0.3 is 11.9 Å². The second kappa shape index (κ2) is 9.65. The summed E-state index contributed by atoms with van der Waals surface area (Å²) in [5.41, 5.74) is 1.28. The Labute approximate surface area is 173 Å². The minimum atomic E-state index is -0.915. The number of alkyl halides is 1. The van der Waals surface area contributed by atoms with E-state index >= 15 is 0 Å². The third-order valence-electron chi connectivity index (χ3n) is 4.40. The van der Waals surface area contributed by atoms with Crippen molar-refractivity contribution in [2.24, 2.45) is 10.9 Å². The summed E-state index contributed by atoms with van der Waals surface area (Å²) in [6, 6.07) is 5.84. The van der Waals surface area contributed by atoms with Crippen LogP contribution in [0.2, 0.25) is 0 Å². The third-order valence-corrected chi connectivity index (χ3v) is 4.56. The van der Waals surface area contributed by atoms with Crippen LogP contribution < -0.4 is 0 Å². The quantitative estimate of drug-likeness (QED) is 0.286. The second-order valence-electron chi connectivity index (χ2n) is 6.87. The maximum Gasteiger partial charge on any atom is 0.336 e. The lowest BCUT2D eigenvalue weighted by Crippen LogP contribution is -2.37. The summed E-state index contributed by atoms with van der Waals surface area (Å²) < 4.78 is 10.6. The highest BCUT2D eigenvalue weighted by Crippen LogP contribution is 2.41. The molecule has 0 aliphatic carbocycles. The summed E-state index contributed by atoms with van der Waals surface area (Å²) in [4.78, 5) is 40.7. The molecule has 2 rings (SSSR count). The molecular formula is C20H23ClN2O6. The summed E-state index contributed by atoms with van der Waals surface area (Å²) in [6.07, 6.45) is -0.375. The van der Waals surface area contributed by atoms with Gasteiger partial charge in [-0.05, 0) is 33.3 Å². The van der Waals surface area contributed by atoms with Crippen LogP contribution in [0, 0.1) is 16.0 Å². The van der Waals surface area contributed by atoms with Crippen molar-refractivity contribution in [1.82, 2.24) is 0 Å². The lowest BCUT2D eigenvalue weighted by atomic mass is 9.75. The number of ether oxygens (including phenoxy) is 2. The van der Waals surface area contributed by atoms with E-state index in [0.717, 1.165) is 0 Å². The molecule has 9 heteroatoms. The van der Waals surface area contributed by atoms with E-state index in [1.54, 1.807) is 33.8 Å². The Morgan fingerprint density at radius 1 is 1.31 bits per heavy atom. The van der Waals surface area contributed by atoms with Gasteiger partial charge in [0.25, 0.3) is 5.69 Å². The Morgan fingerprint density at radius 2 is 2.00 bits per heavy atom. The van der Waals surface area contributed by atoms with Crippen LogP contribution in [0.3, 0.4) is 0 Å². The molecule has 0 N–H and O–H groups in total. The average molecular weight is 423 g/mol. The molecule has 0 bridgehead atoms. The standard InChI is InChI=1S/C20H23ClN2O6/c1-11(2)29-20(25)17-13(4)22-12(3)16(19(24)28-9-8-21)18(17)14-6-5-7-15(10-14)23(26)27/h5-7,10-11,17-18H,8-9H2,1-4H3. The minimum Gasteiger partial charge on any atom is -0.462 e. The molecule has 2 atom stereocenters. The first-order chi connectivity index (χ1) is 13.7. The highest BCUT2D eigenvalue weighted by Gasteiger charge is 2.43. The van der Waals surface area contributed by atoms with Gasteiger partial charge in [-0.1, -0.05) is 12.1 Å². The van der Waals surface area contributed by atoms with Gasteiger partial charge in [-0.2, -0.15) is 0 Å². The van der Waals surface area contributed by atoms with Crippen LogP contribution in [0.1, 0.15) is 39.2 Å². The van der Waals surface area contributed by atoms with Crippen LogP contribution in [-0.4, -0.2) is 41.2 Å². The molecule has 0 saturated heterocycles. The van der Waals surface area contributed by atoms with Crippen molar-refractivity contribution < 1.29 is 24.0 Å². The lowest BCUT2D eigenvalue weighted by molar-refractivity contribution is -0.384. The van der Waals surface area contributed by atoms with Crippen LogP contribution in [0.5, 0.6) is 0 Å². The van der Waals surface area contributed by atoms with Gasteiger partial charge in [0, 0.05) is 29.5 Å². The van der Waals surface area contributed by atoms with Gasteiger partial charge in [-0.3, -0.25) is 19.9 Å². The second-order valence-corrected chi connectivity index (χ2v) is 7.25. The van der Waals surface area contributed by atoms with E-state index in [1.165, 1.54) is 18.2 Å². The van der Waals surface area contributed by atoms with Gasteiger partial charge in [0.2, 0.25) is 0 Å². The smallest absolute Gasteiger partial charge is 0.336 e. The maximum absolute atomic E-state index is 12.9. The van der Waals surface area contributed by atoms with Crippen molar-refractivity contribution in [3.8, 4) is 0 Å². The molecule has 1 aromatic carbocycles. The fourth-order valence-electron chi connectivity index (χ4n) is 3.31. The number of halogens is 1. The molecule has 8 nitrogen and oxygen atoms in total. The fourth-order valence-corrected chi connectivity index (χ4v) is 3.39. The van der Waals surface area contributed by atoms with Gasteiger partial charge in [0.1, 0.15) is 12.5 Å².